The third-order valence-corrected chi connectivity index (χ3v) is 4.49. The van der Waals surface area contributed by atoms with Gasteiger partial charge in [-0.2, -0.15) is 5.10 Å². The maximum atomic E-state index is 12.7. The normalized spacial score (nSPS) is 20.1. The Kier molecular flexibility index (Phi) is 4.91. The second kappa shape index (κ2) is 6.48. The first kappa shape index (κ1) is 15.2. The number of hydrogen-bond donors (Lipinski definition) is 1. The molecule has 1 N–H and O–H groups in total. The number of rotatable bonds is 6. The summed E-state index contributed by atoms with van der Waals surface area (Å²) in [7, 11) is 0. The van der Waals surface area contributed by atoms with E-state index in [1.165, 1.54) is 0 Å². The van der Waals surface area contributed by atoms with Crippen LogP contribution in [0.15, 0.2) is 6.33 Å². The van der Waals surface area contributed by atoms with Gasteiger partial charge in [-0.15, -0.1) is 0 Å². The lowest BCUT2D eigenvalue weighted by Gasteiger charge is -2.36. The first-order valence-corrected chi connectivity index (χ1v) is 7.66. The van der Waals surface area contributed by atoms with Crippen molar-refractivity contribution in [3.63, 3.8) is 0 Å². The lowest BCUT2D eigenvalue weighted by Crippen LogP contribution is -2.43. The van der Waals surface area contributed by atoms with Gasteiger partial charge in [0.2, 0.25) is 0 Å². The molecule has 2 heterocycles. The molecule has 1 aromatic heterocycles. The van der Waals surface area contributed by atoms with E-state index < -0.39 is 0 Å². The van der Waals surface area contributed by atoms with E-state index in [2.05, 4.69) is 36.2 Å². The van der Waals surface area contributed by atoms with E-state index >= 15 is 0 Å². The van der Waals surface area contributed by atoms with E-state index in [1.54, 1.807) is 6.33 Å². The summed E-state index contributed by atoms with van der Waals surface area (Å²) in [4.78, 5) is 16.9. The van der Waals surface area contributed by atoms with Crippen LogP contribution >= 0.6 is 0 Å². The highest BCUT2D eigenvalue weighted by Gasteiger charge is 2.37. The molecule has 1 saturated heterocycles. The van der Waals surface area contributed by atoms with Gasteiger partial charge < -0.3 is 5.32 Å². The molecule has 2 rings (SSSR count). The van der Waals surface area contributed by atoms with Crippen molar-refractivity contribution in [3.05, 3.63) is 12.2 Å². The summed E-state index contributed by atoms with van der Waals surface area (Å²) in [6.07, 6.45) is 5.23. The molecule has 0 bridgehead atoms. The summed E-state index contributed by atoms with van der Waals surface area (Å²) in [6, 6.07) is 0. The van der Waals surface area contributed by atoms with Crippen molar-refractivity contribution in [3.8, 4) is 0 Å². The van der Waals surface area contributed by atoms with E-state index in [1.807, 2.05) is 4.68 Å². The van der Waals surface area contributed by atoms with Crippen LogP contribution in [0, 0.1) is 11.3 Å². The minimum Gasteiger partial charge on any atom is -0.316 e. The van der Waals surface area contributed by atoms with Gasteiger partial charge in [0.05, 0.1) is 6.42 Å². The van der Waals surface area contributed by atoms with Gasteiger partial charge in [-0.3, -0.25) is 4.79 Å². The Morgan fingerprint density at radius 1 is 1.55 bits per heavy atom. The van der Waals surface area contributed by atoms with Crippen LogP contribution in [0.1, 0.15) is 45.9 Å². The minimum absolute atomic E-state index is 0.275. The molecule has 0 aromatic carbocycles. The van der Waals surface area contributed by atoms with Crippen LogP contribution in [0.2, 0.25) is 0 Å². The van der Waals surface area contributed by atoms with Gasteiger partial charge in [0, 0.05) is 12.0 Å². The number of Topliss-reactive ketones (excluding diaryl/α,β-unsaturated/α-hetero) is 1. The van der Waals surface area contributed by atoms with Crippen LogP contribution in [-0.4, -0.2) is 33.6 Å². The molecule has 5 heteroatoms. The molecule has 112 valence electrons. The first-order chi connectivity index (χ1) is 9.55. The van der Waals surface area contributed by atoms with E-state index in [9.17, 15) is 4.79 Å². The molecule has 1 aromatic rings. The molecule has 5 nitrogen and oxygen atoms in total. The second-order valence-corrected chi connectivity index (χ2v) is 6.26. The highest BCUT2D eigenvalue weighted by Crippen LogP contribution is 2.33. The summed E-state index contributed by atoms with van der Waals surface area (Å²) >= 11 is 0. The third-order valence-electron chi connectivity index (χ3n) is 4.49. The van der Waals surface area contributed by atoms with Crippen molar-refractivity contribution in [2.45, 2.75) is 53.0 Å². The summed E-state index contributed by atoms with van der Waals surface area (Å²) in [5, 5.41) is 7.60. The monoisotopic (exact) mass is 278 g/mol. The fraction of sp³-hybridized carbons (Fsp3) is 0.800. The SMILES string of the molecule is CCCn1ncnc1CC(=O)C(C)(C)C1CCCNC1. The van der Waals surface area contributed by atoms with E-state index in [0.29, 0.717) is 12.3 Å². The standard InChI is InChI=1S/C15H26N4O/c1-4-8-19-14(17-11-18-19)9-13(20)15(2,3)12-6-5-7-16-10-12/h11-12,16H,4-10H2,1-3H3. The molecule has 1 unspecified atom stereocenters. The van der Waals surface area contributed by atoms with Gasteiger partial charge in [-0.25, -0.2) is 9.67 Å². The molecule has 0 saturated carbocycles. The smallest absolute Gasteiger partial charge is 0.146 e. The van der Waals surface area contributed by atoms with Crippen molar-refractivity contribution < 1.29 is 4.79 Å². The summed E-state index contributed by atoms with van der Waals surface area (Å²) < 4.78 is 1.85. The number of nitrogens with zero attached hydrogens (tertiary/aromatic N) is 3. The number of piperidine rings is 1. The van der Waals surface area contributed by atoms with Gasteiger partial charge in [-0.1, -0.05) is 20.8 Å². The fourth-order valence-corrected chi connectivity index (χ4v) is 2.89. The molecule has 0 radical (unpaired) electrons. The number of aryl methyl sites for hydroxylation is 1. The van der Waals surface area contributed by atoms with Crippen LogP contribution in [0.25, 0.3) is 0 Å². The Hall–Kier alpha value is -1.23. The van der Waals surface area contributed by atoms with Gasteiger partial charge in [0.1, 0.15) is 17.9 Å². The molecule has 0 spiro atoms. The van der Waals surface area contributed by atoms with E-state index in [4.69, 9.17) is 0 Å². The predicted octanol–water partition coefficient (Wildman–Crippen LogP) is 1.83. The predicted molar refractivity (Wildman–Crippen MR) is 78.4 cm³/mol. The Morgan fingerprint density at radius 2 is 2.35 bits per heavy atom. The Morgan fingerprint density at radius 3 is 3.00 bits per heavy atom. The molecule has 0 aliphatic carbocycles. The highest BCUT2D eigenvalue weighted by atomic mass is 16.1. The molecule has 1 atom stereocenters. The molecular weight excluding hydrogens is 252 g/mol. The average Bonchev–Trinajstić information content (AvgIpc) is 2.87. The van der Waals surface area contributed by atoms with Crippen LogP contribution in [0.4, 0.5) is 0 Å². The van der Waals surface area contributed by atoms with Crippen molar-refractivity contribution in [1.82, 2.24) is 20.1 Å². The molecule has 1 aliphatic rings. The number of ketones is 1. The fourth-order valence-electron chi connectivity index (χ4n) is 2.89. The quantitative estimate of drug-likeness (QED) is 0.862. The van der Waals surface area contributed by atoms with Crippen LogP contribution in [-0.2, 0) is 17.8 Å². The zero-order valence-electron chi connectivity index (χ0n) is 12.9. The number of nitrogens with one attached hydrogen (secondary N) is 1. The largest absolute Gasteiger partial charge is 0.316 e. The Labute approximate surface area is 121 Å². The molecule has 1 fully saturated rings. The lowest BCUT2D eigenvalue weighted by molar-refractivity contribution is -0.129. The van der Waals surface area contributed by atoms with Crippen molar-refractivity contribution in [2.24, 2.45) is 11.3 Å². The minimum atomic E-state index is -0.295. The molecule has 20 heavy (non-hydrogen) atoms. The van der Waals surface area contributed by atoms with Crippen molar-refractivity contribution >= 4 is 5.78 Å². The molecular formula is C15H26N4O. The summed E-state index contributed by atoms with van der Waals surface area (Å²) in [5.41, 5.74) is -0.295. The summed E-state index contributed by atoms with van der Waals surface area (Å²) in [6.45, 7) is 9.10. The first-order valence-electron chi connectivity index (χ1n) is 7.66. The van der Waals surface area contributed by atoms with Crippen LogP contribution in [0.5, 0.6) is 0 Å². The zero-order valence-corrected chi connectivity index (χ0v) is 12.9. The van der Waals surface area contributed by atoms with Crippen LogP contribution < -0.4 is 5.32 Å². The topological polar surface area (TPSA) is 59.8 Å². The lowest BCUT2D eigenvalue weighted by atomic mass is 9.71. The van der Waals surface area contributed by atoms with E-state index in [0.717, 1.165) is 44.7 Å². The van der Waals surface area contributed by atoms with E-state index in [-0.39, 0.29) is 11.2 Å². The summed E-state index contributed by atoms with van der Waals surface area (Å²) in [5.74, 6) is 1.50. The molecule has 1 aliphatic heterocycles. The second-order valence-electron chi connectivity index (χ2n) is 6.26. The van der Waals surface area contributed by atoms with Gasteiger partial charge in [0.15, 0.2) is 0 Å². The average molecular weight is 278 g/mol. The maximum Gasteiger partial charge on any atom is 0.146 e. The third kappa shape index (κ3) is 3.26. The van der Waals surface area contributed by atoms with Gasteiger partial charge >= 0.3 is 0 Å². The Balaban J connectivity index is 2.04. The number of carbonyl (C=O) groups excluding carboxylic acids is 1. The number of carbonyl (C=O) groups is 1. The van der Waals surface area contributed by atoms with Gasteiger partial charge in [0.25, 0.3) is 0 Å². The Bertz CT molecular complexity index is 446. The number of aromatic nitrogens is 3. The maximum absolute atomic E-state index is 12.7. The molecule has 0 amide bonds. The zero-order chi connectivity index (χ0) is 14.6. The van der Waals surface area contributed by atoms with Crippen molar-refractivity contribution in [1.29, 1.82) is 0 Å². The number of hydrogen-bond acceptors (Lipinski definition) is 4. The highest BCUT2D eigenvalue weighted by molar-refractivity contribution is 5.85. The van der Waals surface area contributed by atoms with Crippen LogP contribution in [0.3, 0.4) is 0 Å². The van der Waals surface area contributed by atoms with Crippen molar-refractivity contribution in [2.75, 3.05) is 13.1 Å². The van der Waals surface area contributed by atoms with Gasteiger partial charge in [-0.05, 0) is 38.3 Å².